The van der Waals surface area contributed by atoms with E-state index in [1.54, 1.807) is 3.33 Å². The van der Waals surface area contributed by atoms with Crippen molar-refractivity contribution in [2.45, 2.75) is 30.1 Å². The second-order valence-corrected chi connectivity index (χ2v) is 21.1. The fourth-order valence-corrected chi connectivity index (χ4v) is 17.9. The third-order valence-electron chi connectivity index (χ3n) is 2.82. The van der Waals surface area contributed by atoms with Gasteiger partial charge in [0.25, 0.3) is 0 Å². The van der Waals surface area contributed by atoms with Crippen molar-refractivity contribution in [1.82, 2.24) is 0 Å². The maximum Gasteiger partial charge on any atom is -1.00 e. The van der Waals surface area contributed by atoms with Crippen LogP contribution in [0.2, 0.25) is 17.3 Å². The maximum absolute atomic E-state index is 2.52. The van der Waals surface area contributed by atoms with Crippen molar-refractivity contribution >= 4 is 13.3 Å². The van der Waals surface area contributed by atoms with Crippen LogP contribution in [0.25, 0.3) is 0 Å². The summed E-state index contributed by atoms with van der Waals surface area (Å²) in [7, 11) is 0. The quantitative estimate of drug-likeness (QED) is 0.592. The molecule has 2 aliphatic carbocycles. The van der Waals surface area contributed by atoms with Gasteiger partial charge in [0.05, 0.1) is 0 Å². The smallest absolute Gasteiger partial charge is 1.00 e. The zero-order valence-corrected chi connectivity index (χ0v) is 15.5. The van der Waals surface area contributed by atoms with Crippen LogP contribution in [0, 0.1) is 0 Å². The molecule has 82 valence electrons. The van der Waals surface area contributed by atoms with Gasteiger partial charge in [0.1, 0.15) is 0 Å². The van der Waals surface area contributed by atoms with Crippen LogP contribution in [0.15, 0.2) is 41.4 Å². The van der Waals surface area contributed by atoms with Crippen LogP contribution in [-0.2, 0) is 22.9 Å². The van der Waals surface area contributed by atoms with Crippen LogP contribution in [-0.4, -0.2) is 13.3 Å². The molecule has 0 N–H and O–H groups in total. The van der Waals surface area contributed by atoms with E-state index in [0.29, 0.717) is 0 Å². The zero-order chi connectivity index (χ0) is 10.9. The Hall–Kier alpha value is 0.373. The first-order chi connectivity index (χ1) is 7.07. The molecule has 0 fully saturated rings. The van der Waals surface area contributed by atoms with Gasteiger partial charge in [0.15, 0.2) is 0 Å². The van der Waals surface area contributed by atoms with Crippen molar-refractivity contribution in [3.63, 3.8) is 0 Å². The molecule has 0 saturated carbocycles. The third kappa shape index (κ3) is 2.94. The van der Waals surface area contributed by atoms with Gasteiger partial charge >= 0.3 is 108 Å². The van der Waals surface area contributed by atoms with E-state index < -0.39 is 36.2 Å². The molecule has 0 saturated heterocycles. The van der Waals surface area contributed by atoms with E-state index in [9.17, 15) is 0 Å². The molecule has 0 radical (unpaired) electrons. The molecular formula is C13H20GeHf-2. The molecule has 0 unspecified atom stereocenters. The van der Waals surface area contributed by atoms with Crippen LogP contribution in [0.3, 0.4) is 0 Å². The van der Waals surface area contributed by atoms with Crippen LogP contribution in [0.5, 0.6) is 0 Å². The molecule has 0 aromatic heterocycles. The molecule has 0 atom stereocenters. The average Bonchev–Trinajstić information content (AvgIpc) is 2.73. The van der Waals surface area contributed by atoms with Crippen LogP contribution >= 0.6 is 0 Å². The van der Waals surface area contributed by atoms with Gasteiger partial charge in [-0.3, -0.25) is 0 Å². The number of allylic oxidation sites excluding steroid dienone is 8. The minimum atomic E-state index is -1.56. The molecule has 0 aromatic carbocycles. The first-order valence-corrected chi connectivity index (χ1v) is 16.5. The molecule has 0 bridgehead atoms. The van der Waals surface area contributed by atoms with Gasteiger partial charge in [-0.1, -0.05) is 0 Å². The Morgan fingerprint density at radius 1 is 1.20 bits per heavy atom. The molecule has 15 heavy (non-hydrogen) atoms. The van der Waals surface area contributed by atoms with Crippen LogP contribution < -0.4 is 0 Å². The van der Waals surface area contributed by atoms with Gasteiger partial charge in [0.2, 0.25) is 0 Å². The van der Waals surface area contributed by atoms with Gasteiger partial charge in [-0.2, -0.15) is 0 Å². The van der Waals surface area contributed by atoms with Crippen LogP contribution in [0.1, 0.15) is 15.7 Å². The summed E-state index contributed by atoms with van der Waals surface area (Å²) < 4.78 is 5.52. The number of rotatable bonds is 3. The Bertz CT molecular complexity index is 387. The second kappa shape index (κ2) is 4.71. The Labute approximate surface area is 110 Å². The monoisotopic (exact) mass is 430 g/mol. The SMILES string of the molecule is [CH3][Ge]([CH3])([CH3])[C]1=[C]([Hf][C]2=CC=CC2)CC=C1.[H-].[H-]. The van der Waals surface area contributed by atoms with Gasteiger partial charge < -0.3 is 2.85 Å². The Balaban J connectivity index is 0.00000128. The summed E-state index contributed by atoms with van der Waals surface area (Å²) in [6.07, 6.45) is 14.3. The number of hydrogen-bond acceptors (Lipinski definition) is 0. The first-order valence-electron chi connectivity index (χ1n) is 5.60. The van der Waals surface area contributed by atoms with E-state index in [1.807, 2.05) is 7.74 Å². The normalized spacial score (nSPS) is 20.1. The van der Waals surface area contributed by atoms with Crippen molar-refractivity contribution in [3.05, 3.63) is 41.4 Å². The van der Waals surface area contributed by atoms with Crippen molar-refractivity contribution in [3.8, 4) is 0 Å². The van der Waals surface area contributed by atoms with Gasteiger partial charge in [-0.25, -0.2) is 0 Å². The van der Waals surface area contributed by atoms with Gasteiger partial charge in [0, 0.05) is 0 Å². The first kappa shape index (κ1) is 11.8. The Morgan fingerprint density at radius 2 is 2.00 bits per heavy atom. The zero-order valence-electron chi connectivity index (χ0n) is 11.8. The van der Waals surface area contributed by atoms with Crippen molar-refractivity contribution < 1.29 is 25.8 Å². The van der Waals surface area contributed by atoms with E-state index in [-0.39, 0.29) is 2.85 Å². The molecule has 2 aliphatic rings. The van der Waals surface area contributed by atoms with E-state index in [0.717, 1.165) is 0 Å². The van der Waals surface area contributed by atoms with Crippen LogP contribution in [0.4, 0.5) is 0 Å². The van der Waals surface area contributed by atoms with E-state index in [2.05, 4.69) is 47.6 Å². The summed E-state index contributed by atoms with van der Waals surface area (Å²) in [6, 6.07) is 0. The molecular weight excluding hydrogens is 407 g/mol. The largest absolute Gasteiger partial charge is 1.00 e. The summed E-state index contributed by atoms with van der Waals surface area (Å²) in [5, 5.41) is 0. The minimum Gasteiger partial charge on any atom is -1.00 e. The topological polar surface area (TPSA) is 0 Å². The van der Waals surface area contributed by atoms with E-state index >= 15 is 0 Å². The second-order valence-electron chi connectivity index (χ2n) is 5.20. The molecule has 0 aromatic rings. The summed E-state index contributed by atoms with van der Waals surface area (Å²) in [4.78, 5) is 0. The molecule has 0 amide bonds. The summed E-state index contributed by atoms with van der Waals surface area (Å²) in [5.41, 5.74) is 0. The number of hydrogen-bond donors (Lipinski definition) is 0. The minimum absolute atomic E-state index is 0. The van der Waals surface area contributed by atoms with Gasteiger partial charge in [-0.05, 0) is 0 Å². The molecule has 2 heteroatoms. The predicted octanol–water partition coefficient (Wildman–Crippen LogP) is 4.23. The fourth-order valence-electron chi connectivity index (χ4n) is 2.06. The third-order valence-corrected chi connectivity index (χ3v) is 14.4. The average molecular weight is 427 g/mol. The molecule has 0 spiro atoms. The Kier molecular flexibility index (Phi) is 3.72. The summed E-state index contributed by atoms with van der Waals surface area (Å²) >= 11 is -2.19. The van der Waals surface area contributed by atoms with Gasteiger partial charge in [-0.15, -0.1) is 0 Å². The van der Waals surface area contributed by atoms with E-state index in [4.69, 9.17) is 0 Å². The molecule has 0 heterocycles. The maximum atomic E-state index is 2.52. The molecule has 2 rings (SSSR count). The molecule has 0 nitrogen and oxygen atoms in total. The van der Waals surface area contributed by atoms with Crippen molar-refractivity contribution in [2.75, 3.05) is 0 Å². The fraction of sp³-hybridized carbons (Fsp3) is 0.385. The summed E-state index contributed by atoms with van der Waals surface area (Å²) in [6.45, 7) is 0. The summed E-state index contributed by atoms with van der Waals surface area (Å²) in [5.74, 6) is 7.57. The Morgan fingerprint density at radius 3 is 2.60 bits per heavy atom. The predicted molar refractivity (Wildman–Crippen MR) is 68.2 cm³/mol. The van der Waals surface area contributed by atoms with E-state index in [1.165, 1.54) is 12.8 Å². The van der Waals surface area contributed by atoms with Crippen molar-refractivity contribution in [2.24, 2.45) is 0 Å². The molecule has 0 aliphatic heterocycles. The van der Waals surface area contributed by atoms with Crippen molar-refractivity contribution in [1.29, 1.82) is 0 Å². The standard InChI is InChI=1S/C8H13Ge.C5H5.Hf.2H/c1-9(2,3)8-6-4-5-7-8;1-2-4-5-3-1;;;/h4,6H,5H2,1-3H3;1-3H,4H2;;;/q;;;2*-1.